The second-order valence-electron chi connectivity index (χ2n) is 7.94. The van der Waals surface area contributed by atoms with Gasteiger partial charge in [0.2, 0.25) is 0 Å². The highest BCUT2D eigenvalue weighted by molar-refractivity contribution is 8.04. The number of benzene rings is 2. The van der Waals surface area contributed by atoms with Crippen LogP contribution in [0.3, 0.4) is 0 Å². The summed E-state index contributed by atoms with van der Waals surface area (Å²) in [5, 5.41) is 5.88. The van der Waals surface area contributed by atoms with Crippen LogP contribution in [-0.4, -0.2) is 23.9 Å². The Bertz CT molecular complexity index is 1210. The number of hydrogen-bond donors (Lipinski definition) is 2. The van der Waals surface area contributed by atoms with Crippen LogP contribution in [0, 0.1) is 13.8 Å². The number of carbonyl (C=O) groups excluding carboxylic acids is 2. The van der Waals surface area contributed by atoms with Crippen LogP contribution in [0.5, 0.6) is 0 Å². The summed E-state index contributed by atoms with van der Waals surface area (Å²) in [6.45, 7) is 3.60. The van der Waals surface area contributed by atoms with Gasteiger partial charge in [0.15, 0.2) is 0 Å². The molecule has 0 saturated heterocycles. The van der Waals surface area contributed by atoms with E-state index >= 15 is 0 Å². The molecule has 2 aromatic rings. The Labute approximate surface area is 204 Å². The number of hydrogen-bond acceptors (Lipinski definition) is 6. The number of thioether (sulfide) groups is 2. The Morgan fingerprint density at radius 1 is 0.743 bits per heavy atom. The maximum Gasteiger partial charge on any atom is 0.454 e. The van der Waals surface area contributed by atoms with E-state index in [2.05, 4.69) is 10.6 Å². The van der Waals surface area contributed by atoms with Gasteiger partial charge in [-0.3, -0.25) is 9.59 Å². The molecule has 0 aromatic heterocycles. The average molecular weight is 531 g/mol. The number of allylic oxidation sites excluding steroid dienone is 2. The topological polar surface area (TPSA) is 58.2 Å². The van der Waals surface area contributed by atoms with E-state index in [-0.39, 0.29) is 10.1 Å². The number of halogens is 6. The van der Waals surface area contributed by atoms with Gasteiger partial charge in [-0.05, 0) is 54.7 Å². The molecule has 2 aliphatic rings. The highest BCUT2D eigenvalue weighted by Gasteiger charge is 2.38. The minimum atomic E-state index is -4.95. The fraction of sp³-hybridized carbons (Fsp3) is 0.217. The molecule has 0 spiro atoms. The van der Waals surface area contributed by atoms with Gasteiger partial charge in [-0.15, -0.1) is 0 Å². The lowest BCUT2D eigenvalue weighted by molar-refractivity contribution is -0.165. The number of alkyl halides is 6. The van der Waals surface area contributed by atoms with Crippen LogP contribution in [0.4, 0.5) is 37.7 Å². The van der Waals surface area contributed by atoms with Crippen molar-refractivity contribution in [2.75, 3.05) is 10.6 Å². The van der Waals surface area contributed by atoms with Crippen molar-refractivity contribution < 1.29 is 35.9 Å². The molecule has 0 saturated carbocycles. The van der Waals surface area contributed by atoms with Gasteiger partial charge >= 0.3 is 12.4 Å². The van der Waals surface area contributed by atoms with Crippen molar-refractivity contribution in [1.29, 1.82) is 0 Å². The Balaban J connectivity index is 1.54. The van der Waals surface area contributed by atoms with E-state index in [1.165, 1.54) is 0 Å². The smallest absolute Gasteiger partial charge is 0.349 e. The number of rotatable bonds is 4. The maximum absolute atomic E-state index is 12.6. The Kier molecular flexibility index (Phi) is 6.47. The first-order valence-electron chi connectivity index (χ1n) is 10.0. The first-order chi connectivity index (χ1) is 16.2. The molecular formula is C23H16F6N2O2S2. The Hall–Kier alpha value is -2.86. The molecular weight excluding hydrogens is 514 g/mol. The molecule has 0 bridgehead atoms. The number of fused-ring (bicyclic) bond motifs is 2. The van der Waals surface area contributed by atoms with Crippen molar-refractivity contribution in [3.8, 4) is 0 Å². The van der Waals surface area contributed by atoms with Crippen LogP contribution in [0.15, 0.2) is 56.3 Å². The number of nitrogens with one attached hydrogen (secondary N) is 2. The Morgan fingerprint density at radius 3 is 1.46 bits per heavy atom. The molecule has 0 amide bonds. The second kappa shape index (κ2) is 8.98. The summed E-state index contributed by atoms with van der Waals surface area (Å²) in [6.07, 6.45) is -8.36. The summed E-state index contributed by atoms with van der Waals surface area (Å²) in [7, 11) is 0. The molecule has 184 valence electrons. The van der Waals surface area contributed by atoms with Crippen LogP contribution >= 0.6 is 23.5 Å². The van der Waals surface area contributed by atoms with Crippen LogP contribution in [0.1, 0.15) is 22.3 Å². The summed E-state index contributed by atoms with van der Waals surface area (Å²) in [6, 6.07) is 7.39. The van der Waals surface area contributed by atoms with Crippen molar-refractivity contribution >= 4 is 46.5 Å². The number of aryl methyl sites for hydroxylation is 2. The molecule has 0 unspecified atom stereocenters. The summed E-state index contributed by atoms with van der Waals surface area (Å²) < 4.78 is 75.5. The van der Waals surface area contributed by atoms with Gasteiger partial charge in [0.05, 0.1) is 21.4 Å². The van der Waals surface area contributed by atoms with Crippen LogP contribution in [0.2, 0.25) is 0 Å². The van der Waals surface area contributed by atoms with Crippen molar-refractivity contribution in [3.05, 3.63) is 68.7 Å². The standard InChI is InChI=1S/C23H16F6N2O2S2/c1-10-3-12(6-14-20(10)30-18(34-14)8-16(32)22(24,25)26)5-13-4-11(2)21-15(7-13)35-19(31-21)9-17(33)23(27,28)29/h3-4,6-9,30-31H,5H2,1-2H3/b18-8-,19-9-. The fourth-order valence-corrected chi connectivity index (χ4v) is 5.80. The molecule has 0 fully saturated rings. The monoisotopic (exact) mass is 530 g/mol. The third kappa shape index (κ3) is 5.53. The average Bonchev–Trinajstić information content (AvgIpc) is 3.30. The second-order valence-corrected chi connectivity index (χ2v) is 10.1. The predicted molar refractivity (Wildman–Crippen MR) is 122 cm³/mol. The summed E-state index contributed by atoms with van der Waals surface area (Å²) >= 11 is 2.07. The molecule has 35 heavy (non-hydrogen) atoms. The minimum Gasteiger partial charge on any atom is -0.349 e. The van der Waals surface area contributed by atoms with E-state index in [1.54, 1.807) is 13.8 Å². The van der Waals surface area contributed by atoms with Crippen molar-refractivity contribution in [2.24, 2.45) is 0 Å². The van der Waals surface area contributed by atoms with Gasteiger partial charge in [-0.1, -0.05) is 35.7 Å². The van der Waals surface area contributed by atoms with Gasteiger partial charge in [0.25, 0.3) is 11.6 Å². The lowest BCUT2D eigenvalue weighted by Crippen LogP contribution is -2.20. The molecule has 0 aliphatic carbocycles. The quantitative estimate of drug-likeness (QED) is 0.332. The fourth-order valence-electron chi connectivity index (χ4n) is 3.64. The SMILES string of the molecule is Cc1cc(Cc2cc(C)c3c(c2)S/C(=C\C(=O)C(F)(F)F)N3)cc2c1N/C(=C/C(=O)C(F)(F)F)S2. The first-order valence-corrected chi connectivity index (χ1v) is 11.7. The number of ketones is 2. The third-order valence-electron chi connectivity index (χ3n) is 5.15. The highest BCUT2D eigenvalue weighted by atomic mass is 32.2. The normalized spacial score (nSPS) is 17.3. The van der Waals surface area contributed by atoms with E-state index in [0.29, 0.717) is 39.7 Å². The maximum atomic E-state index is 12.6. The van der Waals surface area contributed by atoms with Gasteiger partial charge in [-0.25, -0.2) is 0 Å². The number of carbonyl (C=O) groups is 2. The van der Waals surface area contributed by atoms with Crippen LogP contribution < -0.4 is 10.6 Å². The summed E-state index contributed by atoms with van der Waals surface area (Å²) in [5.74, 6) is -3.88. The van der Waals surface area contributed by atoms with E-state index in [0.717, 1.165) is 45.8 Å². The van der Waals surface area contributed by atoms with Gasteiger partial charge in [0, 0.05) is 21.9 Å². The molecule has 4 rings (SSSR count). The van der Waals surface area contributed by atoms with Crippen LogP contribution in [-0.2, 0) is 16.0 Å². The Morgan fingerprint density at radius 2 is 1.11 bits per heavy atom. The van der Waals surface area contributed by atoms with E-state index in [4.69, 9.17) is 0 Å². The van der Waals surface area contributed by atoms with E-state index in [9.17, 15) is 35.9 Å². The zero-order valence-electron chi connectivity index (χ0n) is 18.1. The van der Waals surface area contributed by atoms with E-state index in [1.807, 2.05) is 24.3 Å². The minimum absolute atomic E-state index is 0.0890. The third-order valence-corrected chi connectivity index (χ3v) is 7.11. The number of anilines is 2. The van der Waals surface area contributed by atoms with Crippen molar-refractivity contribution in [2.45, 2.75) is 42.4 Å². The molecule has 2 heterocycles. The molecule has 2 aromatic carbocycles. The van der Waals surface area contributed by atoms with Crippen LogP contribution in [0.25, 0.3) is 0 Å². The lowest BCUT2D eigenvalue weighted by Gasteiger charge is -2.10. The highest BCUT2D eigenvalue weighted by Crippen LogP contribution is 2.46. The zero-order chi connectivity index (χ0) is 25.7. The molecule has 2 aliphatic heterocycles. The van der Waals surface area contributed by atoms with Crippen molar-refractivity contribution in [1.82, 2.24) is 0 Å². The summed E-state index contributed by atoms with van der Waals surface area (Å²) in [5.41, 5.74) is 4.59. The lowest BCUT2D eigenvalue weighted by atomic mass is 10.00. The molecule has 2 N–H and O–H groups in total. The van der Waals surface area contributed by atoms with Crippen molar-refractivity contribution in [3.63, 3.8) is 0 Å². The molecule has 12 heteroatoms. The van der Waals surface area contributed by atoms with Gasteiger partial charge < -0.3 is 10.6 Å². The summed E-state index contributed by atoms with van der Waals surface area (Å²) in [4.78, 5) is 23.9. The predicted octanol–water partition coefficient (Wildman–Crippen LogP) is 6.88. The van der Waals surface area contributed by atoms with Gasteiger partial charge in [-0.2, -0.15) is 26.3 Å². The molecule has 0 atom stereocenters. The van der Waals surface area contributed by atoms with Gasteiger partial charge in [0.1, 0.15) is 0 Å². The zero-order valence-corrected chi connectivity index (χ0v) is 19.7. The molecule has 0 radical (unpaired) electrons. The molecule has 4 nitrogen and oxygen atoms in total. The van der Waals surface area contributed by atoms with E-state index < -0.39 is 23.9 Å². The largest absolute Gasteiger partial charge is 0.454 e. The first kappa shape index (κ1) is 25.2.